The topological polar surface area (TPSA) is 26.0 Å². The van der Waals surface area contributed by atoms with Gasteiger partial charge < -0.3 is 5.73 Å². The van der Waals surface area contributed by atoms with E-state index >= 15 is 0 Å². The van der Waals surface area contributed by atoms with E-state index in [1.54, 1.807) is 0 Å². The van der Waals surface area contributed by atoms with Gasteiger partial charge in [-0.05, 0) is 29.9 Å². The Balaban J connectivity index is 2.03. The Bertz CT molecular complexity index is 331. The maximum absolute atomic E-state index is 5.44. The monoisotopic (exact) mass is 215 g/mol. The van der Waals surface area contributed by atoms with Crippen molar-refractivity contribution in [1.29, 1.82) is 0 Å². The van der Waals surface area contributed by atoms with Crippen molar-refractivity contribution in [3.63, 3.8) is 0 Å². The quantitative estimate of drug-likeness (QED) is 0.817. The number of rotatable bonds is 3. The van der Waals surface area contributed by atoms with Gasteiger partial charge in [0.05, 0.1) is 0 Å². The summed E-state index contributed by atoms with van der Waals surface area (Å²) in [6.07, 6.45) is 11.1. The SMILES string of the molecule is NC/C=C/c1ccc(C2CCCCC2)cc1. The molecule has 0 aromatic heterocycles. The molecule has 1 fully saturated rings. The highest BCUT2D eigenvalue weighted by molar-refractivity contribution is 5.50. The van der Waals surface area contributed by atoms with Gasteiger partial charge in [0, 0.05) is 6.54 Å². The normalized spacial score (nSPS) is 18.1. The summed E-state index contributed by atoms with van der Waals surface area (Å²) in [4.78, 5) is 0. The van der Waals surface area contributed by atoms with Crippen LogP contribution in [-0.2, 0) is 0 Å². The molecule has 16 heavy (non-hydrogen) atoms. The zero-order chi connectivity index (χ0) is 11.2. The third kappa shape index (κ3) is 2.96. The van der Waals surface area contributed by atoms with E-state index in [-0.39, 0.29) is 0 Å². The first-order valence-electron chi connectivity index (χ1n) is 6.37. The molecule has 1 heteroatoms. The summed E-state index contributed by atoms with van der Waals surface area (Å²) in [5.74, 6) is 0.807. The second-order valence-corrected chi connectivity index (χ2v) is 4.64. The minimum absolute atomic E-state index is 0.615. The molecule has 86 valence electrons. The van der Waals surface area contributed by atoms with Crippen molar-refractivity contribution in [2.24, 2.45) is 5.73 Å². The first-order chi connectivity index (χ1) is 7.90. The van der Waals surface area contributed by atoms with Crippen molar-refractivity contribution >= 4 is 6.08 Å². The molecule has 1 aliphatic carbocycles. The first kappa shape index (κ1) is 11.4. The molecule has 0 atom stereocenters. The van der Waals surface area contributed by atoms with E-state index in [0.717, 1.165) is 5.92 Å². The largest absolute Gasteiger partial charge is 0.327 e. The van der Waals surface area contributed by atoms with Gasteiger partial charge in [-0.25, -0.2) is 0 Å². The fourth-order valence-electron chi connectivity index (χ4n) is 2.52. The molecule has 1 aromatic rings. The van der Waals surface area contributed by atoms with Crippen LogP contribution >= 0.6 is 0 Å². The van der Waals surface area contributed by atoms with Gasteiger partial charge in [-0.1, -0.05) is 55.7 Å². The van der Waals surface area contributed by atoms with Gasteiger partial charge >= 0.3 is 0 Å². The highest BCUT2D eigenvalue weighted by Gasteiger charge is 2.14. The molecule has 0 unspecified atom stereocenters. The van der Waals surface area contributed by atoms with Crippen LogP contribution in [0, 0.1) is 0 Å². The van der Waals surface area contributed by atoms with Gasteiger partial charge in [0.15, 0.2) is 0 Å². The van der Waals surface area contributed by atoms with Crippen molar-refractivity contribution in [2.45, 2.75) is 38.0 Å². The molecule has 0 saturated heterocycles. The Hall–Kier alpha value is -1.08. The summed E-state index contributed by atoms with van der Waals surface area (Å²) >= 11 is 0. The van der Waals surface area contributed by atoms with Gasteiger partial charge in [0.25, 0.3) is 0 Å². The highest BCUT2D eigenvalue weighted by Crippen LogP contribution is 2.32. The van der Waals surface area contributed by atoms with Crippen LogP contribution in [-0.4, -0.2) is 6.54 Å². The Kier molecular flexibility index (Phi) is 4.17. The molecule has 1 aliphatic rings. The molecule has 1 aromatic carbocycles. The Labute approximate surface area is 98.4 Å². The number of nitrogens with two attached hydrogens (primary N) is 1. The Morgan fingerprint density at radius 2 is 1.75 bits per heavy atom. The molecule has 0 bridgehead atoms. The summed E-state index contributed by atoms with van der Waals surface area (Å²) in [5.41, 5.74) is 8.21. The van der Waals surface area contributed by atoms with Crippen LogP contribution in [0.25, 0.3) is 6.08 Å². The van der Waals surface area contributed by atoms with Gasteiger partial charge in [-0.3, -0.25) is 0 Å². The lowest BCUT2D eigenvalue weighted by atomic mass is 9.84. The van der Waals surface area contributed by atoms with E-state index in [1.807, 2.05) is 6.08 Å². The second-order valence-electron chi connectivity index (χ2n) is 4.64. The van der Waals surface area contributed by atoms with Crippen LogP contribution in [0.4, 0.5) is 0 Å². The van der Waals surface area contributed by atoms with Gasteiger partial charge in [-0.2, -0.15) is 0 Å². The summed E-state index contributed by atoms with van der Waals surface area (Å²) in [6, 6.07) is 8.98. The van der Waals surface area contributed by atoms with Crippen LogP contribution in [0.2, 0.25) is 0 Å². The van der Waals surface area contributed by atoms with Crippen LogP contribution in [0.3, 0.4) is 0 Å². The highest BCUT2D eigenvalue weighted by atomic mass is 14.5. The number of hydrogen-bond acceptors (Lipinski definition) is 1. The Morgan fingerprint density at radius 3 is 2.38 bits per heavy atom. The van der Waals surface area contributed by atoms with Gasteiger partial charge in [0.1, 0.15) is 0 Å². The molecule has 1 nitrogen and oxygen atoms in total. The molecular formula is C15H21N. The molecular weight excluding hydrogens is 194 g/mol. The lowest BCUT2D eigenvalue weighted by Crippen LogP contribution is -2.04. The third-order valence-electron chi connectivity index (χ3n) is 3.46. The number of benzene rings is 1. The molecule has 2 N–H and O–H groups in total. The van der Waals surface area contributed by atoms with Crippen molar-refractivity contribution in [1.82, 2.24) is 0 Å². The van der Waals surface area contributed by atoms with Gasteiger partial charge in [-0.15, -0.1) is 0 Å². The van der Waals surface area contributed by atoms with E-state index in [4.69, 9.17) is 5.73 Å². The molecule has 2 rings (SSSR count). The molecule has 0 aliphatic heterocycles. The maximum atomic E-state index is 5.44. The van der Waals surface area contributed by atoms with E-state index < -0.39 is 0 Å². The van der Waals surface area contributed by atoms with Crippen LogP contribution in [0.15, 0.2) is 30.3 Å². The second kappa shape index (κ2) is 5.86. The van der Waals surface area contributed by atoms with Crippen LogP contribution < -0.4 is 5.73 Å². The van der Waals surface area contributed by atoms with Crippen LogP contribution in [0.1, 0.15) is 49.1 Å². The summed E-state index contributed by atoms with van der Waals surface area (Å²) in [5, 5.41) is 0. The predicted octanol–water partition coefficient (Wildman–Crippen LogP) is 3.71. The zero-order valence-electron chi connectivity index (χ0n) is 9.86. The van der Waals surface area contributed by atoms with Crippen LogP contribution in [0.5, 0.6) is 0 Å². The molecule has 0 radical (unpaired) electrons. The first-order valence-corrected chi connectivity index (χ1v) is 6.37. The lowest BCUT2D eigenvalue weighted by Gasteiger charge is -2.21. The van der Waals surface area contributed by atoms with Crippen molar-refractivity contribution in [3.8, 4) is 0 Å². The maximum Gasteiger partial charge on any atom is 0.0110 e. The van der Waals surface area contributed by atoms with Crippen molar-refractivity contribution in [2.75, 3.05) is 6.54 Å². The minimum atomic E-state index is 0.615. The fraction of sp³-hybridized carbons (Fsp3) is 0.467. The third-order valence-corrected chi connectivity index (χ3v) is 3.46. The van der Waals surface area contributed by atoms with Crippen molar-refractivity contribution in [3.05, 3.63) is 41.5 Å². The molecule has 0 amide bonds. The summed E-state index contributed by atoms with van der Waals surface area (Å²) in [6.45, 7) is 0.615. The average molecular weight is 215 g/mol. The predicted molar refractivity (Wildman–Crippen MR) is 70.4 cm³/mol. The molecule has 0 spiro atoms. The van der Waals surface area contributed by atoms with Gasteiger partial charge in [0.2, 0.25) is 0 Å². The van der Waals surface area contributed by atoms with Crippen molar-refractivity contribution < 1.29 is 0 Å². The minimum Gasteiger partial charge on any atom is -0.327 e. The zero-order valence-corrected chi connectivity index (χ0v) is 9.86. The standard InChI is InChI=1S/C15H21N/c16-12-4-5-13-8-10-15(11-9-13)14-6-2-1-3-7-14/h4-5,8-11,14H,1-3,6-7,12,16H2/b5-4+. The number of hydrogen-bond donors (Lipinski definition) is 1. The van der Waals surface area contributed by atoms with E-state index in [0.29, 0.717) is 6.54 Å². The molecule has 1 saturated carbocycles. The Morgan fingerprint density at radius 1 is 1.06 bits per heavy atom. The smallest absolute Gasteiger partial charge is 0.0110 e. The molecule has 0 heterocycles. The van der Waals surface area contributed by atoms with E-state index in [9.17, 15) is 0 Å². The average Bonchev–Trinajstić information content (AvgIpc) is 2.38. The van der Waals surface area contributed by atoms with E-state index in [1.165, 1.54) is 43.2 Å². The summed E-state index contributed by atoms with van der Waals surface area (Å²) in [7, 11) is 0. The fourth-order valence-corrected chi connectivity index (χ4v) is 2.52. The van der Waals surface area contributed by atoms with E-state index in [2.05, 4.69) is 30.3 Å². The summed E-state index contributed by atoms with van der Waals surface area (Å²) < 4.78 is 0. The lowest BCUT2D eigenvalue weighted by molar-refractivity contribution is 0.443.